The molecule has 28 heavy (non-hydrogen) atoms. The van der Waals surface area contributed by atoms with Gasteiger partial charge in [-0.3, -0.25) is 9.36 Å². The molecule has 3 heterocycles. The van der Waals surface area contributed by atoms with Gasteiger partial charge < -0.3 is 4.90 Å². The Morgan fingerprint density at radius 2 is 2.18 bits per heavy atom. The van der Waals surface area contributed by atoms with Gasteiger partial charge in [0.2, 0.25) is 0 Å². The van der Waals surface area contributed by atoms with Crippen LogP contribution in [0.5, 0.6) is 0 Å². The molecule has 1 aromatic carbocycles. The number of aromatic nitrogens is 2. The van der Waals surface area contributed by atoms with E-state index >= 15 is 0 Å². The number of fused-ring (bicyclic) bond motifs is 3. The summed E-state index contributed by atoms with van der Waals surface area (Å²) in [6.07, 6.45) is 2.08. The standard InChI is InChI=1S/C22H27N3OS2/c1-14(2)9-11-27-22-23-20-19(17-8-10-24(4)13-18(17)28-20)21(26)25(22)16-7-5-6-15(3)12-16/h5-7,12,14H,8-11,13H2,1-4H3/p+1. The minimum absolute atomic E-state index is 0.0969. The van der Waals surface area contributed by atoms with Crippen LogP contribution in [0.25, 0.3) is 15.9 Å². The fraction of sp³-hybridized carbons (Fsp3) is 0.455. The molecule has 1 atom stereocenters. The number of benzene rings is 1. The van der Waals surface area contributed by atoms with E-state index in [4.69, 9.17) is 4.98 Å². The van der Waals surface area contributed by atoms with Crippen molar-refractivity contribution < 1.29 is 4.90 Å². The summed E-state index contributed by atoms with van der Waals surface area (Å²) in [6, 6.07) is 8.19. The monoisotopic (exact) mass is 414 g/mol. The Balaban J connectivity index is 1.90. The highest BCUT2D eigenvalue weighted by molar-refractivity contribution is 7.99. The minimum atomic E-state index is 0.0969. The molecule has 2 aromatic heterocycles. The Morgan fingerprint density at radius 1 is 1.36 bits per heavy atom. The molecule has 0 fully saturated rings. The van der Waals surface area contributed by atoms with Crippen LogP contribution in [0.2, 0.25) is 0 Å². The number of hydrogen-bond acceptors (Lipinski definition) is 4. The number of nitrogens with one attached hydrogen (secondary N) is 1. The first-order chi connectivity index (χ1) is 13.4. The lowest BCUT2D eigenvalue weighted by Gasteiger charge is -2.19. The number of quaternary nitrogens is 1. The third kappa shape index (κ3) is 3.78. The van der Waals surface area contributed by atoms with Gasteiger partial charge in [-0.05, 0) is 42.5 Å². The molecule has 1 aliphatic heterocycles. The second-order valence-electron chi connectivity index (χ2n) is 8.22. The van der Waals surface area contributed by atoms with E-state index in [1.807, 2.05) is 16.7 Å². The van der Waals surface area contributed by atoms with Crippen molar-refractivity contribution in [2.45, 2.75) is 45.3 Å². The summed E-state index contributed by atoms with van der Waals surface area (Å²) in [5, 5.41) is 1.67. The largest absolute Gasteiger partial charge is 0.333 e. The van der Waals surface area contributed by atoms with Gasteiger partial charge in [0.05, 0.1) is 29.5 Å². The molecule has 1 N–H and O–H groups in total. The molecule has 1 aliphatic rings. The van der Waals surface area contributed by atoms with Gasteiger partial charge in [-0.15, -0.1) is 11.3 Å². The molecule has 1 unspecified atom stereocenters. The normalized spacial score (nSPS) is 16.7. The Bertz CT molecular complexity index is 1070. The lowest BCUT2D eigenvalue weighted by molar-refractivity contribution is -0.895. The van der Waals surface area contributed by atoms with Crippen LogP contribution < -0.4 is 10.5 Å². The molecule has 4 nitrogen and oxygen atoms in total. The van der Waals surface area contributed by atoms with Crippen molar-refractivity contribution >= 4 is 33.3 Å². The van der Waals surface area contributed by atoms with Gasteiger partial charge in [0, 0.05) is 12.2 Å². The average molecular weight is 415 g/mol. The first-order valence-electron chi connectivity index (χ1n) is 10.0. The maximum atomic E-state index is 13.7. The zero-order valence-corrected chi connectivity index (χ0v) is 18.7. The molecule has 0 saturated carbocycles. The third-order valence-electron chi connectivity index (χ3n) is 5.33. The molecular formula is C22H28N3OS2+. The predicted molar refractivity (Wildman–Crippen MR) is 119 cm³/mol. The Morgan fingerprint density at radius 3 is 2.93 bits per heavy atom. The topological polar surface area (TPSA) is 39.3 Å². The SMILES string of the molecule is Cc1cccc(-n2c(SCCC(C)C)nc3sc4c(c3c2=O)CC[NH+](C)C4)c1. The molecule has 6 heteroatoms. The molecule has 0 bridgehead atoms. The van der Waals surface area contributed by atoms with Crippen LogP contribution in [0.3, 0.4) is 0 Å². The highest BCUT2D eigenvalue weighted by Crippen LogP contribution is 2.32. The Hall–Kier alpha value is -1.63. The van der Waals surface area contributed by atoms with Gasteiger partial charge >= 0.3 is 0 Å². The molecular weight excluding hydrogens is 386 g/mol. The van der Waals surface area contributed by atoms with Gasteiger partial charge in [0.25, 0.3) is 5.56 Å². The third-order valence-corrected chi connectivity index (χ3v) is 7.43. The van der Waals surface area contributed by atoms with E-state index in [1.165, 1.54) is 15.3 Å². The number of likely N-dealkylation sites (N-methyl/N-ethyl adjacent to an activating group) is 1. The summed E-state index contributed by atoms with van der Waals surface area (Å²) in [5.74, 6) is 1.61. The summed E-state index contributed by atoms with van der Waals surface area (Å²) >= 11 is 3.42. The smallest absolute Gasteiger partial charge is 0.267 e. The summed E-state index contributed by atoms with van der Waals surface area (Å²) in [7, 11) is 2.22. The first-order valence-corrected chi connectivity index (χ1v) is 11.8. The zero-order chi connectivity index (χ0) is 19.8. The van der Waals surface area contributed by atoms with E-state index in [-0.39, 0.29) is 5.56 Å². The maximum Gasteiger partial charge on any atom is 0.267 e. The molecule has 3 aromatic rings. The average Bonchev–Trinajstić information content (AvgIpc) is 2.99. The molecule has 0 radical (unpaired) electrons. The van der Waals surface area contributed by atoms with E-state index in [2.05, 4.69) is 40.0 Å². The van der Waals surface area contributed by atoms with Crippen LogP contribution in [-0.2, 0) is 13.0 Å². The first kappa shape index (κ1) is 19.7. The fourth-order valence-electron chi connectivity index (χ4n) is 3.72. The lowest BCUT2D eigenvalue weighted by Crippen LogP contribution is -3.08. The number of rotatable bonds is 5. The van der Waals surface area contributed by atoms with E-state index < -0.39 is 0 Å². The van der Waals surface area contributed by atoms with Crippen LogP contribution in [-0.4, -0.2) is 28.9 Å². The molecule has 0 saturated heterocycles. The number of thioether (sulfide) groups is 1. The Kier molecular flexibility index (Phi) is 5.63. The molecule has 4 rings (SSSR count). The summed E-state index contributed by atoms with van der Waals surface area (Å²) in [4.78, 5) is 22.4. The number of hydrogen-bond donors (Lipinski definition) is 1. The number of thiophene rings is 1. The van der Waals surface area contributed by atoms with Crippen molar-refractivity contribution in [3.05, 3.63) is 50.6 Å². The van der Waals surface area contributed by atoms with Crippen LogP contribution in [0.1, 0.15) is 36.3 Å². The van der Waals surface area contributed by atoms with Gasteiger partial charge in [0.15, 0.2) is 5.16 Å². The van der Waals surface area contributed by atoms with Crippen LogP contribution >= 0.6 is 23.1 Å². The van der Waals surface area contributed by atoms with Crippen LogP contribution in [0.4, 0.5) is 0 Å². The Labute approximate surface area is 174 Å². The van der Waals surface area contributed by atoms with Crippen molar-refractivity contribution in [2.75, 3.05) is 19.3 Å². The highest BCUT2D eigenvalue weighted by atomic mass is 32.2. The van der Waals surface area contributed by atoms with Crippen LogP contribution in [0.15, 0.2) is 34.2 Å². The summed E-state index contributed by atoms with van der Waals surface area (Å²) in [6.45, 7) is 8.61. The predicted octanol–water partition coefficient (Wildman–Crippen LogP) is 3.46. The van der Waals surface area contributed by atoms with Gasteiger partial charge in [-0.1, -0.05) is 37.7 Å². The molecule has 0 aliphatic carbocycles. The molecule has 0 amide bonds. The van der Waals surface area contributed by atoms with E-state index in [1.54, 1.807) is 23.1 Å². The minimum Gasteiger partial charge on any atom is -0.333 e. The molecule has 0 spiro atoms. The summed E-state index contributed by atoms with van der Waals surface area (Å²) < 4.78 is 1.85. The second kappa shape index (κ2) is 8.01. The van der Waals surface area contributed by atoms with Crippen molar-refractivity contribution in [2.24, 2.45) is 5.92 Å². The van der Waals surface area contributed by atoms with Crippen molar-refractivity contribution in [3.8, 4) is 5.69 Å². The van der Waals surface area contributed by atoms with Crippen molar-refractivity contribution in [1.82, 2.24) is 9.55 Å². The van der Waals surface area contributed by atoms with E-state index in [0.717, 1.165) is 58.3 Å². The van der Waals surface area contributed by atoms with Gasteiger partial charge in [-0.2, -0.15) is 0 Å². The van der Waals surface area contributed by atoms with Crippen LogP contribution in [0, 0.1) is 12.8 Å². The van der Waals surface area contributed by atoms with Crippen molar-refractivity contribution in [3.63, 3.8) is 0 Å². The lowest BCUT2D eigenvalue weighted by atomic mass is 10.1. The van der Waals surface area contributed by atoms with Gasteiger partial charge in [-0.25, -0.2) is 4.98 Å². The van der Waals surface area contributed by atoms with E-state index in [9.17, 15) is 4.79 Å². The quantitative estimate of drug-likeness (QED) is 0.513. The van der Waals surface area contributed by atoms with Crippen molar-refractivity contribution in [1.29, 1.82) is 0 Å². The molecule has 148 valence electrons. The fourth-order valence-corrected chi connectivity index (χ4v) is 6.35. The number of nitrogens with zero attached hydrogens (tertiary/aromatic N) is 2. The number of aryl methyl sites for hydroxylation is 1. The summed E-state index contributed by atoms with van der Waals surface area (Å²) in [5.41, 5.74) is 3.41. The highest BCUT2D eigenvalue weighted by Gasteiger charge is 2.26. The van der Waals surface area contributed by atoms with Gasteiger partial charge in [0.1, 0.15) is 11.4 Å². The second-order valence-corrected chi connectivity index (χ2v) is 10.4. The maximum absolute atomic E-state index is 13.7. The van der Waals surface area contributed by atoms with E-state index in [0.29, 0.717) is 5.92 Å². The zero-order valence-electron chi connectivity index (χ0n) is 17.0.